The van der Waals surface area contributed by atoms with Gasteiger partial charge in [0.15, 0.2) is 0 Å². The van der Waals surface area contributed by atoms with Crippen molar-refractivity contribution in [2.45, 2.75) is 13.1 Å². The molecule has 0 aliphatic rings. The fourth-order valence-corrected chi connectivity index (χ4v) is 1.76. The van der Waals surface area contributed by atoms with Gasteiger partial charge in [-0.3, -0.25) is 0 Å². The van der Waals surface area contributed by atoms with Crippen LogP contribution in [0.1, 0.15) is 11.1 Å². The third-order valence-electron chi connectivity index (χ3n) is 2.55. The smallest absolute Gasteiger partial charge is 0.420 e. The largest absolute Gasteiger partial charge is 0.438 e. The van der Waals surface area contributed by atoms with Gasteiger partial charge in [-0.25, -0.2) is 4.98 Å². The molecule has 3 nitrogen and oxygen atoms in total. The summed E-state index contributed by atoms with van der Waals surface area (Å²) in [7, 11) is 0. The van der Waals surface area contributed by atoms with Gasteiger partial charge in [0.25, 0.3) is 0 Å². The Morgan fingerprint density at radius 2 is 1.95 bits per heavy atom. The van der Waals surface area contributed by atoms with E-state index in [-0.39, 0.29) is 17.3 Å². The van der Waals surface area contributed by atoms with Gasteiger partial charge in [0.1, 0.15) is 11.3 Å². The molecule has 0 spiro atoms. The van der Waals surface area contributed by atoms with Crippen LogP contribution >= 0.6 is 15.9 Å². The summed E-state index contributed by atoms with van der Waals surface area (Å²) in [5.74, 6) is -0.248. The van der Waals surface area contributed by atoms with Crippen LogP contribution in [0.15, 0.2) is 34.9 Å². The van der Waals surface area contributed by atoms with Crippen LogP contribution in [0.3, 0.4) is 0 Å². The predicted octanol–water partition coefficient (Wildman–Crippen LogP) is 4.55. The Bertz CT molecular complexity index is 644. The second kappa shape index (κ2) is 5.32. The molecule has 2 rings (SSSR count). The SMILES string of the molecule is Cc1cc(Oc2ccc(N)cc2C(F)(F)F)ncc1Br. The number of nitrogens with zero attached hydrogens (tertiary/aromatic N) is 1. The number of pyridine rings is 1. The molecular formula is C13H10BrF3N2O. The molecule has 0 aliphatic carbocycles. The molecule has 0 unspecified atom stereocenters. The van der Waals surface area contributed by atoms with Gasteiger partial charge in [0.2, 0.25) is 5.88 Å². The van der Waals surface area contributed by atoms with Crippen LogP contribution in [0, 0.1) is 6.92 Å². The second-order valence-corrected chi connectivity index (χ2v) is 4.98. The Labute approximate surface area is 121 Å². The minimum absolute atomic E-state index is 0.0182. The summed E-state index contributed by atoms with van der Waals surface area (Å²) in [5, 5.41) is 0. The summed E-state index contributed by atoms with van der Waals surface area (Å²) < 4.78 is 44.7. The minimum atomic E-state index is -4.55. The highest BCUT2D eigenvalue weighted by Gasteiger charge is 2.34. The highest BCUT2D eigenvalue weighted by atomic mass is 79.9. The molecule has 0 saturated carbocycles. The van der Waals surface area contributed by atoms with Gasteiger partial charge >= 0.3 is 6.18 Å². The molecule has 7 heteroatoms. The predicted molar refractivity (Wildman–Crippen MR) is 72.6 cm³/mol. The van der Waals surface area contributed by atoms with E-state index in [1.165, 1.54) is 18.3 Å². The van der Waals surface area contributed by atoms with E-state index in [1.54, 1.807) is 13.0 Å². The Kier molecular flexibility index (Phi) is 3.89. The number of aryl methyl sites for hydroxylation is 1. The van der Waals surface area contributed by atoms with Crippen molar-refractivity contribution in [1.82, 2.24) is 4.98 Å². The van der Waals surface area contributed by atoms with Crippen LogP contribution in [0.4, 0.5) is 18.9 Å². The number of ether oxygens (including phenoxy) is 1. The van der Waals surface area contributed by atoms with Gasteiger partial charge in [-0.1, -0.05) is 0 Å². The number of hydrogen-bond donors (Lipinski definition) is 1. The van der Waals surface area contributed by atoms with E-state index >= 15 is 0 Å². The van der Waals surface area contributed by atoms with E-state index in [0.29, 0.717) is 0 Å². The number of hydrogen-bond acceptors (Lipinski definition) is 3. The zero-order valence-corrected chi connectivity index (χ0v) is 11.9. The monoisotopic (exact) mass is 346 g/mol. The Morgan fingerprint density at radius 1 is 1.25 bits per heavy atom. The van der Waals surface area contributed by atoms with Crippen LogP contribution < -0.4 is 10.5 Å². The van der Waals surface area contributed by atoms with E-state index < -0.39 is 11.7 Å². The van der Waals surface area contributed by atoms with Gasteiger partial charge in [-0.05, 0) is 46.6 Å². The number of halogens is 4. The van der Waals surface area contributed by atoms with E-state index in [0.717, 1.165) is 16.1 Å². The molecule has 106 valence electrons. The fraction of sp³-hybridized carbons (Fsp3) is 0.154. The number of anilines is 1. The topological polar surface area (TPSA) is 48.1 Å². The maximum atomic E-state index is 12.9. The van der Waals surface area contributed by atoms with E-state index in [4.69, 9.17) is 10.5 Å². The normalized spacial score (nSPS) is 11.4. The molecule has 0 atom stereocenters. The van der Waals surface area contributed by atoms with Crippen molar-refractivity contribution in [1.29, 1.82) is 0 Å². The highest BCUT2D eigenvalue weighted by Crippen LogP contribution is 2.39. The van der Waals surface area contributed by atoms with Crippen molar-refractivity contribution in [2.75, 3.05) is 5.73 Å². The number of aromatic nitrogens is 1. The second-order valence-electron chi connectivity index (χ2n) is 4.13. The first-order valence-electron chi connectivity index (χ1n) is 5.54. The molecule has 0 aliphatic heterocycles. The van der Waals surface area contributed by atoms with Crippen molar-refractivity contribution >= 4 is 21.6 Å². The molecular weight excluding hydrogens is 337 g/mol. The van der Waals surface area contributed by atoms with Gasteiger partial charge in [0, 0.05) is 22.4 Å². The number of benzene rings is 1. The third-order valence-corrected chi connectivity index (χ3v) is 3.38. The Morgan fingerprint density at radius 3 is 2.55 bits per heavy atom. The van der Waals surface area contributed by atoms with Crippen LogP contribution in [0.5, 0.6) is 11.6 Å². The van der Waals surface area contributed by atoms with Crippen molar-refractivity contribution in [3.8, 4) is 11.6 Å². The summed E-state index contributed by atoms with van der Waals surface area (Å²) in [5.41, 5.74) is 5.28. The van der Waals surface area contributed by atoms with Gasteiger partial charge < -0.3 is 10.5 Å². The molecule has 1 heterocycles. The van der Waals surface area contributed by atoms with Crippen LogP contribution in [-0.2, 0) is 6.18 Å². The van der Waals surface area contributed by atoms with Crippen LogP contribution in [0.2, 0.25) is 0 Å². The highest BCUT2D eigenvalue weighted by molar-refractivity contribution is 9.10. The number of alkyl halides is 3. The maximum absolute atomic E-state index is 12.9. The molecule has 0 fully saturated rings. The summed E-state index contributed by atoms with van der Waals surface area (Å²) in [6, 6.07) is 4.90. The van der Waals surface area contributed by atoms with E-state index in [1.807, 2.05) is 0 Å². The average Bonchev–Trinajstić information content (AvgIpc) is 2.35. The zero-order chi connectivity index (χ0) is 14.9. The van der Waals surface area contributed by atoms with E-state index in [2.05, 4.69) is 20.9 Å². The first-order chi connectivity index (χ1) is 9.27. The fourth-order valence-electron chi connectivity index (χ4n) is 1.54. The quantitative estimate of drug-likeness (QED) is 0.811. The van der Waals surface area contributed by atoms with Crippen molar-refractivity contribution in [3.05, 3.63) is 46.1 Å². The van der Waals surface area contributed by atoms with E-state index in [9.17, 15) is 13.2 Å². The number of nitrogen functional groups attached to an aromatic ring is 1. The summed E-state index contributed by atoms with van der Waals surface area (Å²) in [6.07, 6.45) is -3.08. The first kappa shape index (κ1) is 14.6. The molecule has 2 aromatic rings. The molecule has 2 N–H and O–H groups in total. The maximum Gasteiger partial charge on any atom is 0.420 e. The molecule has 0 amide bonds. The summed E-state index contributed by atoms with van der Waals surface area (Å²) in [4.78, 5) is 3.91. The lowest BCUT2D eigenvalue weighted by Crippen LogP contribution is -2.08. The van der Waals surface area contributed by atoms with Crippen LogP contribution in [0.25, 0.3) is 0 Å². The van der Waals surface area contributed by atoms with Crippen LogP contribution in [-0.4, -0.2) is 4.98 Å². The minimum Gasteiger partial charge on any atom is -0.438 e. The lowest BCUT2D eigenvalue weighted by atomic mass is 10.1. The Balaban J connectivity index is 2.40. The van der Waals surface area contributed by atoms with Gasteiger partial charge in [-0.15, -0.1) is 0 Å². The lowest BCUT2D eigenvalue weighted by Gasteiger charge is -2.14. The lowest BCUT2D eigenvalue weighted by molar-refractivity contribution is -0.138. The molecule has 20 heavy (non-hydrogen) atoms. The third kappa shape index (κ3) is 3.22. The van der Waals surface area contributed by atoms with Crippen molar-refractivity contribution < 1.29 is 17.9 Å². The average molecular weight is 347 g/mol. The summed E-state index contributed by atoms with van der Waals surface area (Å²) >= 11 is 3.26. The summed E-state index contributed by atoms with van der Waals surface area (Å²) in [6.45, 7) is 1.78. The van der Waals surface area contributed by atoms with Gasteiger partial charge in [0.05, 0.1) is 0 Å². The first-order valence-corrected chi connectivity index (χ1v) is 6.33. The standard InChI is InChI=1S/C13H10BrF3N2O/c1-7-4-12(19-6-10(7)14)20-11-3-2-8(18)5-9(11)13(15,16)17/h2-6H,18H2,1H3. The molecule has 0 saturated heterocycles. The number of rotatable bonds is 2. The zero-order valence-electron chi connectivity index (χ0n) is 10.3. The molecule has 1 aromatic heterocycles. The molecule has 0 radical (unpaired) electrons. The van der Waals surface area contributed by atoms with Crippen molar-refractivity contribution in [3.63, 3.8) is 0 Å². The number of nitrogens with two attached hydrogens (primary N) is 1. The molecule has 1 aromatic carbocycles. The van der Waals surface area contributed by atoms with Gasteiger partial charge in [-0.2, -0.15) is 13.2 Å². The van der Waals surface area contributed by atoms with Crippen molar-refractivity contribution in [2.24, 2.45) is 0 Å². The molecule has 0 bridgehead atoms. The Hall–Kier alpha value is -1.76.